The molecule has 1 aromatic heterocycles. The normalized spacial score (nSPS) is 13.1. The Bertz CT molecular complexity index is 521. The number of ether oxygens (including phenoxy) is 1. The number of hydrogen-bond acceptors (Lipinski definition) is 3. The summed E-state index contributed by atoms with van der Waals surface area (Å²) in [6, 6.07) is 6.19. The number of fused-ring (bicyclic) bond motifs is 1. The average molecular weight is 250 g/mol. The summed E-state index contributed by atoms with van der Waals surface area (Å²) in [5.74, 6) is 0. The fourth-order valence-electron chi connectivity index (χ4n) is 1.96. The molecule has 1 heterocycles. The maximum absolute atomic E-state index is 5.93. The molecule has 2 rings (SSSR count). The molecule has 0 saturated heterocycles. The molecule has 0 amide bonds. The third-order valence-corrected chi connectivity index (χ3v) is 3.73. The van der Waals surface area contributed by atoms with Gasteiger partial charge in [0.15, 0.2) is 0 Å². The lowest BCUT2D eigenvalue weighted by Gasteiger charge is -2.12. The van der Waals surface area contributed by atoms with Crippen LogP contribution in [0.5, 0.6) is 0 Å². The molecule has 1 atom stereocenters. The van der Waals surface area contributed by atoms with Crippen LogP contribution in [0.15, 0.2) is 29.3 Å². The summed E-state index contributed by atoms with van der Waals surface area (Å²) in [5.41, 5.74) is 7.92. The number of anilines is 1. The van der Waals surface area contributed by atoms with Crippen LogP contribution in [0.4, 0.5) is 5.69 Å². The summed E-state index contributed by atoms with van der Waals surface area (Å²) in [6.45, 7) is 2.91. The molecule has 92 valence electrons. The van der Waals surface area contributed by atoms with E-state index in [9.17, 15) is 0 Å². The highest BCUT2D eigenvalue weighted by Gasteiger charge is 2.09. The number of nitrogen functional groups attached to an aromatic ring is 1. The Morgan fingerprint density at radius 3 is 2.88 bits per heavy atom. The predicted octanol–water partition coefficient (Wildman–Crippen LogP) is 2.98. The Balaban J connectivity index is 2.48. The smallest absolute Gasteiger partial charge is 0.0722 e. The quantitative estimate of drug-likeness (QED) is 0.670. The monoisotopic (exact) mass is 250 g/mol. The number of aromatic nitrogens is 1. The number of nitrogens with zero attached hydrogens (tertiary/aromatic N) is 1. The molecule has 17 heavy (non-hydrogen) atoms. The van der Waals surface area contributed by atoms with Crippen LogP contribution in [0.2, 0.25) is 0 Å². The number of nitrogens with two attached hydrogens (primary N) is 1. The molecule has 0 aliphatic rings. The zero-order valence-corrected chi connectivity index (χ0v) is 11.3. The Kier molecular flexibility index (Phi) is 3.64. The highest BCUT2D eigenvalue weighted by Crippen LogP contribution is 2.30. The molecule has 0 saturated carbocycles. The van der Waals surface area contributed by atoms with Gasteiger partial charge in [0, 0.05) is 35.8 Å². The molecule has 3 nitrogen and oxygen atoms in total. The van der Waals surface area contributed by atoms with E-state index in [1.807, 2.05) is 12.1 Å². The topological polar surface area (TPSA) is 40.2 Å². The first-order valence-electron chi connectivity index (χ1n) is 5.61. The van der Waals surface area contributed by atoms with Gasteiger partial charge in [0.2, 0.25) is 0 Å². The molecule has 1 aromatic carbocycles. The largest absolute Gasteiger partial charge is 0.399 e. The van der Waals surface area contributed by atoms with E-state index >= 15 is 0 Å². The van der Waals surface area contributed by atoms with E-state index in [1.54, 1.807) is 18.9 Å². The van der Waals surface area contributed by atoms with Gasteiger partial charge in [-0.25, -0.2) is 0 Å². The van der Waals surface area contributed by atoms with Gasteiger partial charge >= 0.3 is 0 Å². The third kappa shape index (κ3) is 2.42. The van der Waals surface area contributed by atoms with E-state index in [2.05, 4.69) is 30.0 Å². The first-order valence-corrected chi connectivity index (χ1v) is 6.83. The molecule has 0 spiro atoms. The van der Waals surface area contributed by atoms with Crippen molar-refractivity contribution in [2.45, 2.75) is 24.5 Å². The Morgan fingerprint density at radius 1 is 1.47 bits per heavy atom. The highest BCUT2D eigenvalue weighted by atomic mass is 32.2. The molecule has 0 fully saturated rings. The first kappa shape index (κ1) is 12.3. The van der Waals surface area contributed by atoms with Gasteiger partial charge in [-0.3, -0.25) is 0 Å². The molecule has 0 radical (unpaired) electrons. The van der Waals surface area contributed by atoms with E-state index in [0.29, 0.717) is 0 Å². The van der Waals surface area contributed by atoms with Gasteiger partial charge in [-0.05, 0) is 31.4 Å². The maximum Gasteiger partial charge on any atom is 0.0722 e. The maximum atomic E-state index is 5.93. The van der Waals surface area contributed by atoms with Crippen LogP contribution in [0.1, 0.15) is 6.92 Å². The average Bonchev–Trinajstić information content (AvgIpc) is 2.71. The summed E-state index contributed by atoms with van der Waals surface area (Å²) in [7, 11) is 1.73. The van der Waals surface area contributed by atoms with Gasteiger partial charge in [0.05, 0.1) is 11.6 Å². The molecule has 0 bridgehead atoms. The minimum Gasteiger partial charge on any atom is -0.399 e. The van der Waals surface area contributed by atoms with E-state index in [1.165, 1.54) is 15.8 Å². The Morgan fingerprint density at radius 2 is 2.24 bits per heavy atom. The van der Waals surface area contributed by atoms with Gasteiger partial charge in [-0.1, -0.05) is 0 Å². The van der Waals surface area contributed by atoms with Crippen molar-refractivity contribution in [2.24, 2.45) is 0 Å². The van der Waals surface area contributed by atoms with Gasteiger partial charge in [0.1, 0.15) is 0 Å². The van der Waals surface area contributed by atoms with E-state index in [-0.39, 0.29) is 6.10 Å². The fourth-order valence-corrected chi connectivity index (χ4v) is 2.61. The van der Waals surface area contributed by atoms with E-state index in [4.69, 9.17) is 10.5 Å². The summed E-state index contributed by atoms with van der Waals surface area (Å²) in [6.07, 6.45) is 4.37. The summed E-state index contributed by atoms with van der Waals surface area (Å²) >= 11 is 1.73. The van der Waals surface area contributed by atoms with E-state index in [0.717, 1.165) is 12.2 Å². The third-order valence-electron chi connectivity index (χ3n) is 2.95. The van der Waals surface area contributed by atoms with Crippen molar-refractivity contribution in [3.8, 4) is 0 Å². The number of methoxy groups -OCH3 is 1. The molecule has 1 unspecified atom stereocenters. The van der Waals surface area contributed by atoms with Crippen molar-refractivity contribution in [3.63, 3.8) is 0 Å². The van der Waals surface area contributed by atoms with Gasteiger partial charge in [-0.2, -0.15) is 0 Å². The molecule has 0 aliphatic heterocycles. The fraction of sp³-hybridized carbons (Fsp3) is 0.385. The first-order chi connectivity index (χ1) is 8.15. The van der Waals surface area contributed by atoms with E-state index < -0.39 is 0 Å². The standard InChI is InChI=1S/C13H18N2OS/c1-9(16-2)8-15-5-4-11-12(15)6-10(14)7-13(11)17-3/h4-7,9H,8,14H2,1-3H3. The predicted molar refractivity (Wildman–Crippen MR) is 74.6 cm³/mol. The molecule has 0 aliphatic carbocycles. The van der Waals surface area contributed by atoms with Crippen LogP contribution in [0.3, 0.4) is 0 Å². The van der Waals surface area contributed by atoms with Gasteiger partial charge in [0.25, 0.3) is 0 Å². The SMILES string of the molecule is COC(C)Cn1ccc2c(SC)cc(N)cc21. The van der Waals surface area contributed by atoms with Crippen LogP contribution in [0, 0.1) is 0 Å². The minimum atomic E-state index is 0.199. The lowest BCUT2D eigenvalue weighted by molar-refractivity contribution is 0.104. The number of benzene rings is 1. The Labute approximate surface area is 106 Å². The molecule has 2 aromatic rings. The molecular formula is C13H18N2OS. The van der Waals surface area contributed by atoms with Crippen molar-refractivity contribution < 1.29 is 4.74 Å². The second kappa shape index (κ2) is 5.02. The number of hydrogen-bond donors (Lipinski definition) is 1. The second-order valence-corrected chi connectivity index (χ2v) is 5.02. The summed E-state index contributed by atoms with van der Waals surface area (Å²) < 4.78 is 7.50. The minimum absolute atomic E-state index is 0.199. The van der Waals surface area contributed by atoms with Crippen molar-refractivity contribution >= 4 is 28.4 Å². The van der Waals surface area contributed by atoms with Gasteiger partial charge < -0.3 is 15.0 Å². The molecule has 2 N–H and O–H groups in total. The number of rotatable bonds is 4. The highest BCUT2D eigenvalue weighted by molar-refractivity contribution is 7.98. The van der Waals surface area contributed by atoms with Crippen LogP contribution >= 0.6 is 11.8 Å². The van der Waals surface area contributed by atoms with Crippen molar-refractivity contribution in [1.29, 1.82) is 0 Å². The summed E-state index contributed by atoms with van der Waals surface area (Å²) in [4.78, 5) is 1.23. The lowest BCUT2D eigenvalue weighted by atomic mass is 10.2. The number of thioether (sulfide) groups is 1. The van der Waals surface area contributed by atoms with Crippen LogP contribution in [-0.4, -0.2) is 24.0 Å². The van der Waals surface area contributed by atoms with Crippen LogP contribution in [0.25, 0.3) is 10.9 Å². The second-order valence-electron chi connectivity index (χ2n) is 4.17. The zero-order valence-electron chi connectivity index (χ0n) is 10.4. The van der Waals surface area contributed by atoms with Crippen molar-refractivity contribution in [3.05, 3.63) is 24.4 Å². The lowest BCUT2D eigenvalue weighted by Crippen LogP contribution is -2.13. The summed E-state index contributed by atoms with van der Waals surface area (Å²) in [5, 5.41) is 1.26. The van der Waals surface area contributed by atoms with Crippen molar-refractivity contribution in [2.75, 3.05) is 19.1 Å². The molecular weight excluding hydrogens is 232 g/mol. The van der Waals surface area contributed by atoms with Gasteiger partial charge in [-0.15, -0.1) is 11.8 Å². The van der Waals surface area contributed by atoms with Crippen LogP contribution < -0.4 is 5.73 Å². The zero-order chi connectivity index (χ0) is 12.4. The van der Waals surface area contributed by atoms with Crippen LogP contribution in [-0.2, 0) is 11.3 Å². The van der Waals surface area contributed by atoms with Crippen molar-refractivity contribution in [1.82, 2.24) is 4.57 Å². The molecule has 4 heteroatoms. The Hall–Kier alpha value is -1.13.